The third kappa shape index (κ3) is 5.72. The highest BCUT2D eigenvalue weighted by molar-refractivity contribution is 5.92. The molecule has 1 aromatic carbocycles. The second-order valence-corrected chi connectivity index (χ2v) is 4.86. The van der Waals surface area contributed by atoms with Gasteiger partial charge >= 0.3 is 0 Å². The fourth-order valence-electron chi connectivity index (χ4n) is 1.95. The van der Waals surface area contributed by atoms with Crippen molar-refractivity contribution in [3.8, 4) is 0 Å². The van der Waals surface area contributed by atoms with Gasteiger partial charge in [-0.05, 0) is 37.9 Å². The van der Waals surface area contributed by atoms with E-state index in [4.69, 9.17) is 4.74 Å². The van der Waals surface area contributed by atoms with Crippen LogP contribution < -0.4 is 10.6 Å². The Labute approximate surface area is 121 Å². The maximum absolute atomic E-state index is 11.8. The molecule has 112 valence electrons. The molecular formula is C16H26N2O2. The van der Waals surface area contributed by atoms with Crippen LogP contribution in [0.3, 0.4) is 0 Å². The van der Waals surface area contributed by atoms with Gasteiger partial charge in [0.15, 0.2) is 0 Å². The van der Waals surface area contributed by atoms with Gasteiger partial charge in [-0.3, -0.25) is 4.79 Å². The molecular weight excluding hydrogens is 252 g/mol. The Kier molecular flexibility index (Phi) is 7.92. The van der Waals surface area contributed by atoms with Gasteiger partial charge in [0.05, 0.1) is 0 Å². The number of anilines is 1. The number of amides is 1. The summed E-state index contributed by atoms with van der Waals surface area (Å²) >= 11 is 0. The Balaban J connectivity index is 2.62. The van der Waals surface area contributed by atoms with Gasteiger partial charge < -0.3 is 15.4 Å². The molecule has 0 aliphatic carbocycles. The number of benzene rings is 1. The lowest BCUT2D eigenvalue weighted by molar-refractivity contribution is -0.120. The molecule has 4 nitrogen and oxygen atoms in total. The molecule has 0 fully saturated rings. The summed E-state index contributed by atoms with van der Waals surface area (Å²) in [4.78, 5) is 11.8. The topological polar surface area (TPSA) is 50.4 Å². The van der Waals surface area contributed by atoms with E-state index in [0.717, 1.165) is 30.6 Å². The minimum absolute atomic E-state index is 0.103. The molecule has 4 heteroatoms. The zero-order chi connectivity index (χ0) is 14.8. The molecule has 2 N–H and O–H groups in total. The summed E-state index contributed by atoms with van der Waals surface area (Å²) < 4.78 is 5.25. The van der Waals surface area contributed by atoms with Gasteiger partial charge in [0, 0.05) is 18.3 Å². The van der Waals surface area contributed by atoms with Crippen LogP contribution in [-0.4, -0.2) is 25.7 Å². The van der Waals surface area contributed by atoms with Gasteiger partial charge in [-0.25, -0.2) is 0 Å². The van der Waals surface area contributed by atoms with Gasteiger partial charge in [-0.1, -0.05) is 32.0 Å². The van der Waals surface area contributed by atoms with E-state index < -0.39 is 0 Å². The van der Waals surface area contributed by atoms with Crippen LogP contribution in [0.25, 0.3) is 0 Å². The predicted molar refractivity (Wildman–Crippen MR) is 82.9 cm³/mol. The van der Waals surface area contributed by atoms with Gasteiger partial charge in [0.25, 0.3) is 0 Å². The first-order valence-corrected chi connectivity index (χ1v) is 7.38. The van der Waals surface area contributed by atoms with Crippen molar-refractivity contribution in [2.75, 3.05) is 25.1 Å². The van der Waals surface area contributed by atoms with E-state index in [1.165, 1.54) is 0 Å². The molecule has 0 aliphatic rings. The van der Waals surface area contributed by atoms with E-state index in [-0.39, 0.29) is 18.6 Å². The Hall–Kier alpha value is -1.39. The SMILES string of the molecule is CCCNC(C)c1ccccc1NC(=O)COCCC. The first-order chi connectivity index (χ1) is 9.69. The van der Waals surface area contributed by atoms with E-state index in [2.05, 4.69) is 24.5 Å². The Morgan fingerprint density at radius 3 is 2.70 bits per heavy atom. The van der Waals surface area contributed by atoms with E-state index in [1.807, 2.05) is 31.2 Å². The van der Waals surface area contributed by atoms with Crippen molar-refractivity contribution in [3.63, 3.8) is 0 Å². The van der Waals surface area contributed by atoms with Crippen molar-refractivity contribution in [2.45, 2.75) is 39.7 Å². The van der Waals surface area contributed by atoms with Crippen molar-refractivity contribution in [2.24, 2.45) is 0 Å². The molecule has 0 radical (unpaired) electrons. The number of hydrogen-bond acceptors (Lipinski definition) is 3. The normalized spacial score (nSPS) is 12.2. The number of carbonyl (C=O) groups is 1. The van der Waals surface area contributed by atoms with Crippen LogP contribution in [0.2, 0.25) is 0 Å². The molecule has 20 heavy (non-hydrogen) atoms. The van der Waals surface area contributed by atoms with Crippen molar-refractivity contribution in [1.29, 1.82) is 0 Å². The Morgan fingerprint density at radius 2 is 2.00 bits per heavy atom. The molecule has 1 rings (SSSR count). The lowest BCUT2D eigenvalue weighted by Gasteiger charge is -2.18. The largest absolute Gasteiger partial charge is 0.372 e. The van der Waals surface area contributed by atoms with E-state index >= 15 is 0 Å². The molecule has 1 unspecified atom stereocenters. The van der Waals surface area contributed by atoms with Crippen LogP contribution in [0.5, 0.6) is 0 Å². The summed E-state index contributed by atoms with van der Waals surface area (Å²) in [5.41, 5.74) is 1.96. The van der Waals surface area contributed by atoms with E-state index in [9.17, 15) is 4.79 Å². The average molecular weight is 278 g/mol. The van der Waals surface area contributed by atoms with Crippen LogP contribution in [-0.2, 0) is 9.53 Å². The maximum atomic E-state index is 11.8. The van der Waals surface area contributed by atoms with Crippen molar-refractivity contribution < 1.29 is 9.53 Å². The second kappa shape index (κ2) is 9.50. The third-order valence-corrected chi connectivity index (χ3v) is 2.98. The molecule has 0 aliphatic heterocycles. The molecule has 0 bridgehead atoms. The molecule has 0 saturated carbocycles. The monoisotopic (exact) mass is 278 g/mol. The van der Waals surface area contributed by atoms with Gasteiger partial charge in [-0.2, -0.15) is 0 Å². The van der Waals surface area contributed by atoms with Crippen LogP contribution >= 0.6 is 0 Å². The number of carbonyl (C=O) groups excluding carboxylic acids is 1. The number of para-hydroxylation sites is 1. The molecule has 0 heterocycles. The molecule has 1 amide bonds. The lowest BCUT2D eigenvalue weighted by Crippen LogP contribution is -2.23. The van der Waals surface area contributed by atoms with Gasteiger partial charge in [-0.15, -0.1) is 0 Å². The highest BCUT2D eigenvalue weighted by Gasteiger charge is 2.11. The Bertz CT molecular complexity index is 407. The quantitative estimate of drug-likeness (QED) is 0.682. The van der Waals surface area contributed by atoms with Crippen LogP contribution in [0.15, 0.2) is 24.3 Å². The minimum atomic E-state index is -0.103. The maximum Gasteiger partial charge on any atom is 0.250 e. The standard InChI is InChI=1S/C16H26N2O2/c1-4-10-17-13(3)14-8-6-7-9-15(14)18-16(19)12-20-11-5-2/h6-9,13,17H,4-5,10-12H2,1-3H3,(H,18,19). The van der Waals surface area contributed by atoms with Crippen LogP contribution in [0, 0.1) is 0 Å². The summed E-state index contributed by atoms with van der Waals surface area (Å²) in [7, 11) is 0. The summed E-state index contributed by atoms with van der Waals surface area (Å²) in [6.07, 6.45) is 2.01. The number of hydrogen-bond donors (Lipinski definition) is 2. The van der Waals surface area contributed by atoms with Gasteiger partial charge in [0.2, 0.25) is 5.91 Å². The number of nitrogens with one attached hydrogen (secondary N) is 2. The fraction of sp³-hybridized carbons (Fsp3) is 0.562. The van der Waals surface area contributed by atoms with Crippen LogP contribution in [0.4, 0.5) is 5.69 Å². The summed E-state index contributed by atoms with van der Waals surface area (Å²) in [6, 6.07) is 8.09. The molecule has 0 spiro atoms. The number of rotatable bonds is 9. The summed E-state index contributed by atoms with van der Waals surface area (Å²) in [5, 5.41) is 6.35. The van der Waals surface area contributed by atoms with Crippen molar-refractivity contribution >= 4 is 11.6 Å². The first kappa shape index (κ1) is 16.7. The zero-order valence-electron chi connectivity index (χ0n) is 12.7. The van der Waals surface area contributed by atoms with Crippen molar-refractivity contribution in [3.05, 3.63) is 29.8 Å². The zero-order valence-corrected chi connectivity index (χ0v) is 12.7. The fourth-order valence-corrected chi connectivity index (χ4v) is 1.95. The first-order valence-electron chi connectivity index (χ1n) is 7.38. The molecule has 1 aromatic rings. The Morgan fingerprint density at radius 1 is 1.25 bits per heavy atom. The minimum Gasteiger partial charge on any atom is -0.372 e. The second-order valence-electron chi connectivity index (χ2n) is 4.86. The smallest absolute Gasteiger partial charge is 0.250 e. The molecule has 0 aromatic heterocycles. The third-order valence-electron chi connectivity index (χ3n) is 2.98. The predicted octanol–water partition coefficient (Wildman–Crippen LogP) is 3.11. The lowest BCUT2D eigenvalue weighted by atomic mass is 10.1. The number of ether oxygens (including phenoxy) is 1. The summed E-state index contributed by atoms with van der Waals surface area (Å²) in [5.74, 6) is -0.103. The summed E-state index contributed by atoms with van der Waals surface area (Å²) in [6.45, 7) is 7.95. The van der Waals surface area contributed by atoms with E-state index in [0.29, 0.717) is 6.61 Å². The highest BCUT2D eigenvalue weighted by Crippen LogP contribution is 2.22. The average Bonchev–Trinajstić information content (AvgIpc) is 2.45. The highest BCUT2D eigenvalue weighted by atomic mass is 16.5. The molecule has 0 saturated heterocycles. The van der Waals surface area contributed by atoms with Gasteiger partial charge in [0.1, 0.15) is 6.61 Å². The molecule has 1 atom stereocenters. The van der Waals surface area contributed by atoms with Crippen molar-refractivity contribution in [1.82, 2.24) is 5.32 Å². The van der Waals surface area contributed by atoms with Crippen LogP contribution in [0.1, 0.15) is 45.2 Å². The van der Waals surface area contributed by atoms with E-state index in [1.54, 1.807) is 0 Å².